The van der Waals surface area contributed by atoms with E-state index in [9.17, 15) is 9.90 Å². The maximum atomic E-state index is 11.4. The monoisotopic (exact) mass is 185 g/mol. The van der Waals surface area contributed by atoms with E-state index in [2.05, 4.69) is 4.90 Å². The summed E-state index contributed by atoms with van der Waals surface area (Å²) in [6.45, 7) is 7.32. The van der Waals surface area contributed by atoms with Crippen molar-refractivity contribution in [1.82, 2.24) is 4.90 Å². The highest BCUT2D eigenvalue weighted by molar-refractivity contribution is 5.83. The van der Waals surface area contributed by atoms with Gasteiger partial charge in [-0.05, 0) is 12.8 Å². The molecule has 0 aromatic heterocycles. The summed E-state index contributed by atoms with van der Waals surface area (Å²) in [4.78, 5) is 13.5. The molecular weight excluding hydrogens is 166 g/mol. The van der Waals surface area contributed by atoms with Crippen molar-refractivity contribution in [3.63, 3.8) is 0 Å². The third-order valence-corrected chi connectivity index (χ3v) is 2.96. The van der Waals surface area contributed by atoms with Crippen LogP contribution in [0.1, 0.15) is 27.2 Å². The van der Waals surface area contributed by atoms with Gasteiger partial charge in [-0.2, -0.15) is 0 Å². The zero-order chi connectivity index (χ0) is 10.0. The van der Waals surface area contributed by atoms with E-state index in [0.29, 0.717) is 18.9 Å². The molecule has 3 unspecified atom stereocenters. The molecule has 3 heteroatoms. The van der Waals surface area contributed by atoms with E-state index in [4.69, 9.17) is 0 Å². The fourth-order valence-electron chi connectivity index (χ4n) is 1.80. The molecule has 1 heterocycles. The zero-order valence-electron chi connectivity index (χ0n) is 8.66. The second kappa shape index (κ2) is 4.20. The smallest absolute Gasteiger partial charge is 0.149 e. The second-order valence-electron chi connectivity index (χ2n) is 3.99. The number of β-amino-alcohol motifs (C(OH)–C–C–N with tert-alkyl or cyclic N) is 1. The molecule has 3 atom stereocenters. The van der Waals surface area contributed by atoms with Crippen LogP contribution in [0.25, 0.3) is 0 Å². The fourth-order valence-corrected chi connectivity index (χ4v) is 1.80. The number of aliphatic hydroxyl groups is 1. The number of aliphatic hydroxyl groups excluding tert-OH is 1. The molecule has 0 aliphatic carbocycles. The average molecular weight is 185 g/mol. The Morgan fingerprint density at radius 1 is 1.62 bits per heavy atom. The van der Waals surface area contributed by atoms with Crippen molar-refractivity contribution < 1.29 is 9.90 Å². The van der Waals surface area contributed by atoms with Crippen LogP contribution < -0.4 is 0 Å². The quantitative estimate of drug-likeness (QED) is 0.702. The number of Topliss-reactive ketones (excluding diaryl/α,β-unsaturated/α-hetero) is 1. The highest BCUT2D eigenvalue weighted by Crippen LogP contribution is 2.19. The predicted octanol–water partition coefficient (Wildman–Crippen LogP) is 0.667. The minimum atomic E-state index is -0.257. The molecule has 1 rings (SSSR count). The largest absolute Gasteiger partial charge is 0.391 e. The van der Waals surface area contributed by atoms with E-state index in [-0.39, 0.29) is 17.9 Å². The summed E-state index contributed by atoms with van der Waals surface area (Å²) in [5, 5.41) is 9.52. The molecular formula is C10H19NO2. The maximum Gasteiger partial charge on any atom is 0.149 e. The van der Waals surface area contributed by atoms with Crippen LogP contribution >= 0.6 is 0 Å². The summed E-state index contributed by atoms with van der Waals surface area (Å²) >= 11 is 0. The molecule has 1 fully saturated rings. The van der Waals surface area contributed by atoms with Crippen LogP contribution in [0.5, 0.6) is 0 Å². The fraction of sp³-hybridized carbons (Fsp3) is 0.900. The van der Waals surface area contributed by atoms with Crippen molar-refractivity contribution in [1.29, 1.82) is 0 Å². The van der Waals surface area contributed by atoms with E-state index < -0.39 is 0 Å². The predicted molar refractivity (Wildman–Crippen MR) is 51.5 cm³/mol. The Kier molecular flexibility index (Phi) is 3.45. The molecule has 3 nitrogen and oxygen atoms in total. The summed E-state index contributed by atoms with van der Waals surface area (Å²) in [6, 6.07) is -0.0235. The van der Waals surface area contributed by atoms with E-state index in [1.54, 1.807) is 0 Å². The molecule has 0 saturated carbocycles. The van der Waals surface area contributed by atoms with E-state index >= 15 is 0 Å². The minimum absolute atomic E-state index is 0.0235. The molecule has 13 heavy (non-hydrogen) atoms. The molecule has 0 aromatic rings. The van der Waals surface area contributed by atoms with E-state index in [1.807, 2.05) is 20.8 Å². The van der Waals surface area contributed by atoms with Gasteiger partial charge in [0.05, 0.1) is 12.1 Å². The lowest BCUT2D eigenvalue weighted by atomic mass is 10.1. The summed E-state index contributed by atoms with van der Waals surface area (Å²) in [5.41, 5.74) is 0. The molecule has 0 aromatic carbocycles. The minimum Gasteiger partial charge on any atom is -0.391 e. The molecule has 0 amide bonds. The van der Waals surface area contributed by atoms with Crippen LogP contribution in [0.2, 0.25) is 0 Å². The van der Waals surface area contributed by atoms with E-state index in [0.717, 1.165) is 6.54 Å². The molecule has 1 aliphatic rings. The summed E-state index contributed by atoms with van der Waals surface area (Å²) in [6.07, 6.45) is 0.328. The Hall–Kier alpha value is -0.410. The molecule has 0 radical (unpaired) electrons. The third-order valence-electron chi connectivity index (χ3n) is 2.96. The Morgan fingerprint density at radius 3 is 2.62 bits per heavy atom. The Labute approximate surface area is 79.7 Å². The van der Waals surface area contributed by atoms with Gasteiger partial charge in [0.25, 0.3) is 0 Å². The molecule has 1 N–H and O–H groups in total. The third kappa shape index (κ3) is 2.29. The van der Waals surface area contributed by atoms with Gasteiger partial charge in [0.2, 0.25) is 0 Å². The second-order valence-corrected chi connectivity index (χ2v) is 3.99. The van der Waals surface area contributed by atoms with Gasteiger partial charge in [-0.15, -0.1) is 0 Å². The maximum absolute atomic E-state index is 11.4. The van der Waals surface area contributed by atoms with Gasteiger partial charge in [-0.25, -0.2) is 0 Å². The van der Waals surface area contributed by atoms with Crippen LogP contribution in [0.15, 0.2) is 0 Å². The SMILES string of the molecule is CCC(=O)C(C)N1CC(C)C(O)C1. The number of nitrogens with zero attached hydrogens (tertiary/aromatic N) is 1. The lowest BCUT2D eigenvalue weighted by molar-refractivity contribution is -0.123. The molecule has 0 bridgehead atoms. The number of hydrogen-bond acceptors (Lipinski definition) is 3. The van der Waals surface area contributed by atoms with Crippen molar-refractivity contribution in [2.75, 3.05) is 13.1 Å². The highest BCUT2D eigenvalue weighted by atomic mass is 16.3. The van der Waals surface area contributed by atoms with Gasteiger partial charge >= 0.3 is 0 Å². The molecule has 1 aliphatic heterocycles. The first-order valence-corrected chi connectivity index (χ1v) is 5.01. The Morgan fingerprint density at radius 2 is 2.23 bits per heavy atom. The first-order valence-electron chi connectivity index (χ1n) is 5.01. The van der Waals surface area contributed by atoms with Gasteiger partial charge in [0.1, 0.15) is 5.78 Å². The first kappa shape index (κ1) is 10.7. The van der Waals surface area contributed by atoms with Crippen LogP contribution in [-0.4, -0.2) is 41.0 Å². The topological polar surface area (TPSA) is 40.5 Å². The van der Waals surface area contributed by atoms with Crippen LogP contribution in [0.4, 0.5) is 0 Å². The van der Waals surface area contributed by atoms with Crippen LogP contribution in [0.3, 0.4) is 0 Å². The lowest BCUT2D eigenvalue weighted by Crippen LogP contribution is -2.37. The molecule has 0 spiro atoms. The zero-order valence-corrected chi connectivity index (χ0v) is 8.66. The number of rotatable bonds is 3. The van der Waals surface area contributed by atoms with Gasteiger partial charge in [-0.1, -0.05) is 13.8 Å². The molecule has 1 saturated heterocycles. The van der Waals surface area contributed by atoms with Crippen LogP contribution in [0, 0.1) is 5.92 Å². The Balaban J connectivity index is 2.50. The standard InChI is InChI=1S/C10H19NO2/c1-4-9(12)8(3)11-5-7(2)10(13)6-11/h7-8,10,13H,4-6H2,1-3H3. The number of hydrogen-bond donors (Lipinski definition) is 1. The Bertz CT molecular complexity index is 183. The van der Waals surface area contributed by atoms with Crippen molar-refractivity contribution in [2.45, 2.75) is 39.3 Å². The van der Waals surface area contributed by atoms with Crippen LogP contribution in [-0.2, 0) is 4.79 Å². The van der Waals surface area contributed by atoms with Gasteiger partial charge in [0.15, 0.2) is 0 Å². The number of carbonyl (C=O) groups excluding carboxylic acids is 1. The first-order chi connectivity index (χ1) is 6.06. The van der Waals surface area contributed by atoms with Crippen molar-refractivity contribution in [3.05, 3.63) is 0 Å². The molecule has 76 valence electrons. The number of ketones is 1. The highest BCUT2D eigenvalue weighted by Gasteiger charge is 2.32. The number of carbonyl (C=O) groups is 1. The lowest BCUT2D eigenvalue weighted by Gasteiger charge is -2.22. The number of likely N-dealkylation sites (tertiary alicyclic amines) is 1. The van der Waals surface area contributed by atoms with E-state index in [1.165, 1.54) is 0 Å². The average Bonchev–Trinajstić information content (AvgIpc) is 2.44. The summed E-state index contributed by atoms with van der Waals surface area (Å²) in [7, 11) is 0. The summed E-state index contributed by atoms with van der Waals surface area (Å²) in [5.74, 6) is 0.563. The van der Waals surface area contributed by atoms with Gasteiger partial charge in [-0.3, -0.25) is 9.69 Å². The normalized spacial score (nSPS) is 32.0. The van der Waals surface area contributed by atoms with Crippen molar-refractivity contribution in [2.24, 2.45) is 5.92 Å². The van der Waals surface area contributed by atoms with Crippen molar-refractivity contribution >= 4 is 5.78 Å². The summed E-state index contributed by atoms with van der Waals surface area (Å²) < 4.78 is 0. The van der Waals surface area contributed by atoms with Crippen molar-refractivity contribution in [3.8, 4) is 0 Å². The van der Waals surface area contributed by atoms with Gasteiger partial charge < -0.3 is 5.11 Å². The van der Waals surface area contributed by atoms with Gasteiger partial charge in [0, 0.05) is 19.5 Å².